The Labute approximate surface area is 145 Å². The van der Waals surface area contributed by atoms with Crippen molar-refractivity contribution in [3.63, 3.8) is 0 Å². The molecule has 1 aliphatic rings. The quantitative estimate of drug-likeness (QED) is 0.618. The lowest BCUT2D eigenvalue weighted by molar-refractivity contribution is -0.385. The van der Waals surface area contributed by atoms with Crippen LogP contribution >= 0.6 is 11.6 Å². The van der Waals surface area contributed by atoms with Gasteiger partial charge in [-0.2, -0.15) is 0 Å². The molecule has 0 radical (unpaired) electrons. The number of benzene rings is 2. The van der Waals surface area contributed by atoms with Crippen LogP contribution in [0.1, 0.15) is 30.0 Å². The molecule has 24 heavy (non-hydrogen) atoms. The fourth-order valence-corrected chi connectivity index (χ4v) is 3.50. The molecule has 124 valence electrons. The van der Waals surface area contributed by atoms with E-state index in [-0.39, 0.29) is 24.1 Å². The van der Waals surface area contributed by atoms with Crippen LogP contribution in [0.15, 0.2) is 48.5 Å². The van der Waals surface area contributed by atoms with E-state index in [0.717, 1.165) is 18.4 Å². The first kappa shape index (κ1) is 16.5. The van der Waals surface area contributed by atoms with Gasteiger partial charge >= 0.3 is 0 Å². The first-order valence-corrected chi connectivity index (χ1v) is 8.22. The Morgan fingerprint density at radius 2 is 1.92 bits per heavy atom. The second-order valence-corrected chi connectivity index (χ2v) is 6.24. The minimum Gasteiger partial charge on any atom is -0.335 e. The van der Waals surface area contributed by atoms with Crippen molar-refractivity contribution in [2.24, 2.45) is 0 Å². The number of rotatable bonds is 4. The van der Waals surface area contributed by atoms with Gasteiger partial charge in [0.15, 0.2) is 0 Å². The van der Waals surface area contributed by atoms with E-state index in [9.17, 15) is 14.9 Å². The van der Waals surface area contributed by atoms with E-state index in [0.29, 0.717) is 17.1 Å². The number of halogens is 1. The lowest BCUT2D eigenvalue weighted by atomic mass is 10.0. The number of nitrogens with zero attached hydrogens (tertiary/aromatic N) is 2. The van der Waals surface area contributed by atoms with Gasteiger partial charge in [-0.1, -0.05) is 48.0 Å². The number of carbonyl (C=O) groups excluding carboxylic acids is 1. The average Bonchev–Trinajstić information content (AvgIpc) is 3.05. The summed E-state index contributed by atoms with van der Waals surface area (Å²) >= 11 is 6.27. The van der Waals surface area contributed by atoms with Crippen LogP contribution in [-0.4, -0.2) is 22.3 Å². The van der Waals surface area contributed by atoms with E-state index >= 15 is 0 Å². The normalized spacial score (nSPS) is 17.0. The largest absolute Gasteiger partial charge is 0.335 e. The highest BCUT2D eigenvalue weighted by Crippen LogP contribution is 2.36. The Bertz CT molecular complexity index is 778. The Morgan fingerprint density at radius 3 is 2.67 bits per heavy atom. The van der Waals surface area contributed by atoms with E-state index < -0.39 is 4.92 Å². The van der Waals surface area contributed by atoms with Gasteiger partial charge in [-0.05, 0) is 24.5 Å². The average molecular weight is 345 g/mol. The number of carbonyl (C=O) groups is 1. The van der Waals surface area contributed by atoms with Crippen molar-refractivity contribution in [3.05, 3.63) is 74.8 Å². The van der Waals surface area contributed by atoms with E-state index in [1.54, 1.807) is 23.1 Å². The fourth-order valence-electron chi connectivity index (χ4n) is 3.24. The number of amides is 1. The molecule has 1 saturated heterocycles. The highest BCUT2D eigenvalue weighted by atomic mass is 35.5. The number of hydrogen-bond acceptors (Lipinski definition) is 3. The zero-order chi connectivity index (χ0) is 17.1. The molecule has 0 bridgehead atoms. The second kappa shape index (κ2) is 7.01. The number of nitro benzene ring substituents is 1. The maximum Gasteiger partial charge on any atom is 0.273 e. The van der Waals surface area contributed by atoms with Gasteiger partial charge < -0.3 is 4.90 Å². The van der Waals surface area contributed by atoms with Crippen LogP contribution in [-0.2, 0) is 11.2 Å². The van der Waals surface area contributed by atoms with Crippen LogP contribution in [0, 0.1) is 10.1 Å². The van der Waals surface area contributed by atoms with Crippen LogP contribution in [0.3, 0.4) is 0 Å². The molecule has 2 aromatic carbocycles. The van der Waals surface area contributed by atoms with Crippen LogP contribution < -0.4 is 0 Å². The molecule has 6 heteroatoms. The summed E-state index contributed by atoms with van der Waals surface area (Å²) in [5.41, 5.74) is 1.37. The van der Waals surface area contributed by atoms with Gasteiger partial charge in [-0.25, -0.2) is 0 Å². The number of likely N-dealkylation sites (tertiary alicyclic amines) is 1. The molecule has 0 N–H and O–H groups in total. The van der Waals surface area contributed by atoms with E-state index in [4.69, 9.17) is 11.6 Å². The third-order valence-corrected chi connectivity index (χ3v) is 4.71. The Kier molecular flexibility index (Phi) is 4.81. The highest BCUT2D eigenvalue weighted by Gasteiger charge is 2.31. The van der Waals surface area contributed by atoms with Crippen LogP contribution in [0.25, 0.3) is 0 Å². The summed E-state index contributed by atoms with van der Waals surface area (Å²) in [5, 5.41) is 11.8. The van der Waals surface area contributed by atoms with Gasteiger partial charge in [-0.3, -0.25) is 14.9 Å². The highest BCUT2D eigenvalue weighted by molar-refractivity contribution is 6.31. The Hall–Kier alpha value is -2.40. The molecule has 1 aliphatic heterocycles. The van der Waals surface area contributed by atoms with Crippen molar-refractivity contribution in [2.75, 3.05) is 6.54 Å². The molecule has 1 amide bonds. The lowest BCUT2D eigenvalue weighted by Crippen LogP contribution is -2.32. The van der Waals surface area contributed by atoms with Crippen LogP contribution in [0.5, 0.6) is 0 Å². The number of hydrogen-bond donors (Lipinski definition) is 0. The van der Waals surface area contributed by atoms with Crippen molar-refractivity contribution in [1.82, 2.24) is 4.90 Å². The summed E-state index contributed by atoms with van der Waals surface area (Å²) in [6.07, 6.45) is 1.78. The second-order valence-electron chi connectivity index (χ2n) is 5.83. The van der Waals surface area contributed by atoms with Gasteiger partial charge in [0.05, 0.1) is 17.4 Å². The maximum atomic E-state index is 12.7. The third kappa shape index (κ3) is 3.26. The molecule has 0 aromatic heterocycles. The molecule has 0 aliphatic carbocycles. The SMILES string of the molecule is O=C(Cc1ccccc1[N+](=O)[O-])N1CCCC1c1ccccc1Cl. The summed E-state index contributed by atoms with van der Waals surface area (Å²) in [6.45, 7) is 0.648. The van der Waals surface area contributed by atoms with Gasteiger partial charge in [0, 0.05) is 23.2 Å². The van der Waals surface area contributed by atoms with Crippen molar-refractivity contribution in [2.45, 2.75) is 25.3 Å². The summed E-state index contributed by atoms with van der Waals surface area (Å²) < 4.78 is 0. The Morgan fingerprint density at radius 1 is 1.21 bits per heavy atom. The molecule has 3 rings (SSSR count). The minimum absolute atomic E-state index is 0.0145. The van der Waals surface area contributed by atoms with Gasteiger partial charge in [0.25, 0.3) is 5.69 Å². The molecular formula is C18H17ClN2O3. The number of nitro groups is 1. The summed E-state index contributed by atoms with van der Waals surface area (Å²) in [6, 6.07) is 13.8. The standard InChI is InChI=1S/C18H17ClN2O3/c19-15-8-3-2-7-14(15)17-10-5-11-20(17)18(22)12-13-6-1-4-9-16(13)21(23)24/h1-4,6-9,17H,5,10-12H2. The predicted molar refractivity (Wildman–Crippen MR) is 91.9 cm³/mol. The van der Waals surface area contributed by atoms with Crippen molar-refractivity contribution in [3.8, 4) is 0 Å². The van der Waals surface area contributed by atoms with Gasteiger partial charge in [0.2, 0.25) is 5.91 Å². The van der Waals surface area contributed by atoms with Crippen molar-refractivity contribution >= 4 is 23.2 Å². The van der Waals surface area contributed by atoms with Crippen molar-refractivity contribution in [1.29, 1.82) is 0 Å². The molecule has 1 heterocycles. The van der Waals surface area contributed by atoms with Crippen LogP contribution in [0.2, 0.25) is 5.02 Å². The molecule has 1 fully saturated rings. The minimum atomic E-state index is -0.446. The third-order valence-electron chi connectivity index (χ3n) is 4.37. The monoisotopic (exact) mass is 344 g/mol. The smallest absolute Gasteiger partial charge is 0.273 e. The van der Waals surface area contributed by atoms with Crippen LogP contribution in [0.4, 0.5) is 5.69 Å². The van der Waals surface area contributed by atoms with Gasteiger partial charge in [-0.15, -0.1) is 0 Å². The molecular weight excluding hydrogens is 328 g/mol. The summed E-state index contributed by atoms with van der Waals surface area (Å²) in [4.78, 5) is 25.2. The van der Waals surface area contributed by atoms with E-state index in [1.165, 1.54) is 6.07 Å². The van der Waals surface area contributed by atoms with Crippen molar-refractivity contribution < 1.29 is 9.72 Å². The Balaban J connectivity index is 1.82. The van der Waals surface area contributed by atoms with Gasteiger partial charge in [0.1, 0.15) is 0 Å². The molecule has 1 unspecified atom stereocenters. The summed E-state index contributed by atoms with van der Waals surface area (Å²) in [7, 11) is 0. The first-order valence-electron chi connectivity index (χ1n) is 7.84. The molecule has 2 aromatic rings. The molecule has 1 atom stereocenters. The predicted octanol–water partition coefficient (Wildman–Crippen LogP) is 4.15. The lowest BCUT2D eigenvalue weighted by Gasteiger charge is -2.26. The van der Waals surface area contributed by atoms with E-state index in [2.05, 4.69) is 0 Å². The zero-order valence-electron chi connectivity index (χ0n) is 13.0. The first-order chi connectivity index (χ1) is 11.6. The fraction of sp³-hybridized carbons (Fsp3) is 0.278. The summed E-state index contributed by atoms with van der Waals surface area (Å²) in [5.74, 6) is -0.105. The molecule has 0 spiro atoms. The maximum absolute atomic E-state index is 12.7. The molecule has 5 nitrogen and oxygen atoms in total. The molecule has 0 saturated carbocycles. The number of para-hydroxylation sites is 1. The topological polar surface area (TPSA) is 63.4 Å². The zero-order valence-corrected chi connectivity index (χ0v) is 13.8. The van der Waals surface area contributed by atoms with E-state index in [1.807, 2.05) is 24.3 Å².